The van der Waals surface area contributed by atoms with Crippen molar-refractivity contribution in [3.8, 4) is 11.5 Å². The molecule has 1 atom stereocenters. The maximum absolute atomic E-state index is 13.9. The first kappa shape index (κ1) is 27.5. The summed E-state index contributed by atoms with van der Waals surface area (Å²) in [5, 5.41) is 2.56. The quantitative estimate of drug-likeness (QED) is 0.413. The lowest BCUT2D eigenvalue weighted by molar-refractivity contribution is -0.139. The minimum absolute atomic E-state index is 0.00151. The highest BCUT2D eigenvalue weighted by Crippen LogP contribution is 2.35. The van der Waals surface area contributed by atoms with Crippen LogP contribution in [0.15, 0.2) is 83.8 Å². The molecule has 9 nitrogen and oxygen atoms in total. The van der Waals surface area contributed by atoms with E-state index in [1.165, 1.54) is 44.4 Å². The molecule has 3 aromatic rings. The highest BCUT2D eigenvalue weighted by molar-refractivity contribution is 7.92. The summed E-state index contributed by atoms with van der Waals surface area (Å²) < 4.78 is 39.5. The molecule has 0 heterocycles. The predicted octanol–water partition coefficient (Wildman–Crippen LogP) is 3.06. The van der Waals surface area contributed by atoms with Crippen molar-refractivity contribution >= 4 is 27.5 Å². The number of amides is 2. The van der Waals surface area contributed by atoms with Crippen molar-refractivity contribution in [2.24, 2.45) is 0 Å². The van der Waals surface area contributed by atoms with E-state index in [-0.39, 0.29) is 28.8 Å². The number of hydrogen-bond acceptors (Lipinski definition) is 6. The number of sulfonamides is 1. The summed E-state index contributed by atoms with van der Waals surface area (Å²) in [6.45, 7) is 1.14. The fourth-order valence-electron chi connectivity index (χ4n) is 3.80. The van der Waals surface area contributed by atoms with Crippen LogP contribution in [0.2, 0.25) is 0 Å². The molecule has 0 aliphatic carbocycles. The molecule has 0 aliphatic heterocycles. The van der Waals surface area contributed by atoms with Crippen molar-refractivity contribution in [2.75, 3.05) is 32.1 Å². The van der Waals surface area contributed by atoms with Crippen molar-refractivity contribution < 1.29 is 27.5 Å². The Morgan fingerprint density at radius 2 is 1.54 bits per heavy atom. The third-order valence-corrected chi connectivity index (χ3v) is 7.65. The Morgan fingerprint density at radius 1 is 0.919 bits per heavy atom. The standard InChI is InChI=1S/C27H31N3O6S/c1-20(27(32)28-2)29(18-21-11-7-5-8-12-21)26(31)19-30(37(33,34)23-13-9-6-10-14-23)24-17-22(35-3)15-16-25(24)36-4/h5-17,20H,18-19H2,1-4H3,(H,28,32). The topological polar surface area (TPSA) is 105 Å². The van der Waals surface area contributed by atoms with Gasteiger partial charge in [-0.05, 0) is 36.8 Å². The molecule has 2 amide bonds. The number of carbonyl (C=O) groups is 2. The Hall–Kier alpha value is -4.05. The number of carbonyl (C=O) groups excluding carboxylic acids is 2. The summed E-state index contributed by atoms with van der Waals surface area (Å²) >= 11 is 0. The smallest absolute Gasteiger partial charge is 0.264 e. The number of benzene rings is 3. The number of rotatable bonds is 11. The summed E-state index contributed by atoms with van der Waals surface area (Å²) in [4.78, 5) is 27.7. The molecule has 3 aromatic carbocycles. The van der Waals surface area contributed by atoms with Gasteiger partial charge in [0.2, 0.25) is 11.8 Å². The van der Waals surface area contributed by atoms with Crippen molar-refractivity contribution in [1.29, 1.82) is 0 Å². The number of nitrogens with zero attached hydrogens (tertiary/aromatic N) is 2. The zero-order valence-electron chi connectivity index (χ0n) is 21.2. The highest BCUT2D eigenvalue weighted by Gasteiger charge is 2.33. The summed E-state index contributed by atoms with van der Waals surface area (Å²) in [6.07, 6.45) is 0. The second-order valence-electron chi connectivity index (χ2n) is 8.16. The summed E-state index contributed by atoms with van der Waals surface area (Å²) in [5.41, 5.74) is 0.925. The Labute approximate surface area is 217 Å². The SMILES string of the molecule is CNC(=O)C(C)N(Cc1ccccc1)C(=O)CN(c1cc(OC)ccc1OC)S(=O)(=O)c1ccccc1. The van der Waals surface area contributed by atoms with Gasteiger partial charge in [0, 0.05) is 19.7 Å². The Bertz CT molecular complexity index is 1320. The van der Waals surface area contributed by atoms with E-state index in [1.807, 2.05) is 30.3 Å². The third-order valence-electron chi connectivity index (χ3n) is 5.87. The normalized spacial score (nSPS) is 11.8. The van der Waals surface area contributed by atoms with Gasteiger partial charge in [-0.3, -0.25) is 13.9 Å². The van der Waals surface area contributed by atoms with Crippen LogP contribution < -0.4 is 19.1 Å². The first-order chi connectivity index (χ1) is 17.7. The van der Waals surface area contributed by atoms with Gasteiger partial charge in [0.15, 0.2) is 0 Å². The van der Waals surface area contributed by atoms with Crippen molar-refractivity contribution in [1.82, 2.24) is 10.2 Å². The van der Waals surface area contributed by atoms with Crippen LogP contribution in [0.5, 0.6) is 11.5 Å². The molecule has 196 valence electrons. The minimum Gasteiger partial charge on any atom is -0.497 e. The van der Waals surface area contributed by atoms with Gasteiger partial charge in [0.05, 0.1) is 24.8 Å². The molecule has 0 radical (unpaired) electrons. The monoisotopic (exact) mass is 525 g/mol. The summed E-state index contributed by atoms with van der Waals surface area (Å²) in [6, 6.07) is 20.8. The van der Waals surface area contributed by atoms with Crippen LogP contribution in [-0.2, 0) is 26.2 Å². The molecular weight excluding hydrogens is 494 g/mol. The third kappa shape index (κ3) is 6.39. The van der Waals surface area contributed by atoms with Gasteiger partial charge < -0.3 is 19.7 Å². The zero-order valence-corrected chi connectivity index (χ0v) is 22.1. The maximum atomic E-state index is 13.9. The molecule has 10 heteroatoms. The van der Waals surface area contributed by atoms with E-state index >= 15 is 0 Å². The van der Waals surface area contributed by atoms with E-state index in [9.17, 15) is 18.0 Å². The summed E-state index contributed by atoms with van der Waals surface area (Å²) in [5.74, 6) is -0.316. The average molecular weight is 526 g/mol. The van der Waals surface area contributed by atoms with E-state index in [4.69, 9.17) is 9.47 Å². The molecule has 1 N–H and O–H groups in total. The van der Waals surface area contributed by atoms with Crippen molar-refractivity contribution in [3.05, 3.63) is 84.4 Å². The fraction of sp³-hybridized carbons (Fsp3) is 0.259. The van der Waals surface area contributed by atoms with Crippen LogP contribution in [0.1, 0.15) is 12.5 Å². The zero-order chi connectivity index (χ0) is 27.0. The van der Waals surface area contributed by atoms with Gasteiger partial charge in [-0.2, -0.15) is 0 Å². The van der Waals surface area contributed by atoms with Gasteiger partial charge in [0.25, 0.3) is 10.0 Å². The predicted molar refractivity (Wildman–Crippen MR) is 141 cm³/mol. The number of nitrogens with one attached hydrogen (secondary N) is 1. The molecule has 0 fully saturated rings. The van der Waals surface area contributed by atoms with E-state index in [1.54, 1.807) is 37.3 Å². The largest absolute Gasteiger partial charge is 0.497 e. The van der Waals surface area contributed by atoms with Crippen LogP contribution >= 0.6 is 0 Å². The number of hydrogen-bond donors (Lipinski definition) is 1. The second-order valence-corrected chi connectivity index (χ2v) is 10.0. The Kier molecular flexibility index (Phi) is 9.13. The lowest BCUT2D eigenvalue weighted by Crippen LogP contribution is -2.50. The molecule has 1 unspecified atom stereocenters. The first-order valence-electron chi connectivity index (χ1n) is 11.6. The Morgan fingerprint density at radius 3 is 2.11 bits per heavy atom. The molecule has 0 saturated heterocycles. The van der Waals surface area contributed by atoms with Crippen molar-refractivity contribution in [2.45, 2.75) is 24.4 Å². The molecule has 0 spiro atoms. The van der Waals surface area contributed by atoms with E-state index in [2.05, 4.69) is 5.32 Å². The summed E-state index contributed by atoms with van der Waals surface area (Å²) in [7, 11) is 0.139. The number of methoxy groups -OCH3 is 2. The molecular formula is C27H31N3O6S. The van der Waals surface area contributed by atoms with Crippen LogP contribution in [0, 0.1) is 0 Å². The number of likely N-dealkylation sites (N-methyl/N-ethyl adjacent to an activating group) is 1. The van der Waals surface area contributed by atoms with Crippen LogP contribution in [0.4, 0.5) is 5.69 Å². The Balaban J connectivity index is 2.11. The van der Waals surface area contributed by atoms with Gasteiger partial charge in [-0.25, -0.2) is 8.42 Å². The molecule has 0 bridgehead atoms. The van der Waals surface area contributed by atoms with Crippen LogP contribution in [-0.4, -0.2) is 59.0 Å². The van der Waals surface area contributed by atoms with Gasteiger partial charge in [-0.1, -0.05) is 48.5 Å². The molecule has 0 saturated carbocycles. The van der Waals surface area contributed by atoms with Gasteiger partial charge in [0.1, 0.15) is 24.1 Å². The van der Waals surface area contributed by atoms with Gasteiger partial charge >= 0.3 is 0 Å². The van der Waals surface area contributed by atoms with E-state index in [0.29, 0.717) is 5.75 Å². The molecule has 3 rings (SSSR count). The van der Waals surface area contributed by atoms with E-state index in [0.717, 1.165) is 9.87 Å². The second kappa shape index (κ2) is 12.3. The fourth-order valence-corrected chi connectivity index (χ4v) is 5.23. The van der Waals surface area contributed by atoms with Crippen LogP contribution in [0.25, 0.3) is 0 Å². The molecule has 37 heavy (non-hydrogen) atoms. The highest BCUT2D eigenvalue weighted by atomic mass is 32.2. The average Bonchev–Trinajstić information content (AvgIpc) is 2.94. The maximum Gasteiger partial charge on any atom is 0.264 e. The van der Waals surface area contributed by atoms with E-state index < -0.39 is 28.5 Å². The lowest BCUT2D eigenvalue weighted by Gasteiger charge is -2.32. The van der Waals surface area contributed by atoms with Crippen molar-refractivity contribution in [3.63, 3.8) is 0 Å². The molecule has 0 aliphatic rings. The molecule has 0 aromatic heterocycles. The number of ether oxygens (including phenoxy) is 2. The van der Waals surface area contributed by atoms with Gasteiger partial charge in [-0.15, -0.1) is 0 Å². The number of anilines is 1. The first-order valence-corrected chi connectivity index (χ1v) is 13.0. The lowest BCUT2D eigenvalue weighted by atomic mass is 10.1. The van der Waals surface area contributed by atoms with Crippen LogP contribution in [0.3, 0.4) is 0 Å². The minimum atomic E-state index is -4.21.